The molecule has 0 aliphatic rings. The number of fused-ring (bicyclic) bond motifs is 1. The van der Waals surface area contributed by atoms with E-state index in [0.717, 1.165) is 22.9 Å². The van der Waals surface area contributed by atoms with E-state index in [9.17, 15) is 14.4 Å². The average Bonchev–Trinajstić information content (AvgIpc) is 3.18. The van der Waals surface area contributed by atoms with Crippen LogP contribution in [0.3, 0.4) is 0 Å². The number of thiophene rings is 1. The van der Waals surface area contributed by atoms with Gasteiger partial charge >= 0.3 is 0 Å². The first-order chi connectivity index (χ1) is 13.5. The summed E-state index contributed by atoms with van der Waals surface area (Å²) < 4.78 is 1.57. The van der Waals surface area contributed by atoms with Crippen LogP contribution in [0.15, 0.2) is 51.7 Å². The molecule has 0 saturated heterocycles. The van der Waals surface area contributed by atoms with Gasteiger partial charge in [-0.05, 0) is 36.9 Å². The number of amides is 2. The van der Waals surface area contributed by atoms with Gasteiger partial charge < -0.3 is 5.32 Å². The van der Waals surface area contributed by atoms with Crippen LogP contribution in [-0.2, 0) is 4.79 Å². The van der Waals surface area contributed by atoms with Crippen molar-refractivity contribution in [3.05, 3.63) is 57.7 Å². The van der Waals surface area contributed by atoms with Crippen LogP contribution in [0.25, 0.3) is 10.2 Å². The lowest BCUT2D eigenvalue weighted by atomic mass is 10.2. The Labute approximate surface area is 170 Å². The van der Waals surface area contributed by atoms with Crippen molar-refractivity contribution >= 4 is 45.1 Å². The Morgan fingerprint density at radius 1 is 1.25 bits per heavy atom. The Hall–Kier alpha value is -2.65. The van der Waals surface area contributed by atoms with E-state index in [2.05, 4.69) is 15.7 Å². The van der Waals surface area contributed by atoms with Crippen molar-refractivity contribution in [2.75, 3.05) is 11.2 Å². The highest BCUT2D eigenvalue weighted by Gasteiger charge is 2.17. The molecule has 0 radical (unpaired) electrons. The van der Waals surface area contributed by atoms with Gasteiger partial charge in [0.1, 0.15) is 4.70 Å². The summed E-state index contributed by atoms with van der Waals surface area (Å²) in [6.45, 7) is 3.91. The normalized spacial score (nSPS) is 11.9. The number of thioether (sulfide) groups is 1. The SMILES string of the molecule is CC[C@H](C)NC(=O)CSc1nc2ccsc2c(=O)n1NC(=O)c1ccccc1. The molecule has 0 aliphatic carbocycles. The van der Waals surface area contributed by atoms with Crippen LogP contribution in [0, 0.1) is 0 Å². The third kappa shape index (κ3) is 4.60. The maximum Gasteiger partial charge on any atom is 0.291 e. The van der Waals surface area contributed by atoms with Gasteiger partial charge in [0.15, 0.2) is 5.16 Å². The summed E-state index contributed by atoms with van der Waals surface area (Å²) in [6, 6.07) is 10.4. The minimum Gasteiger partial charge on any atom is -0.353 e. The standard InChI is InChI=1S/C19H20N4O3S2/c1-3-12(2)20-15(24)11-28-19-21-14-9-10-27-16(14)18(26)23(19)22-17(25)13-7-5-4-6-8-13/h4-10,12H,3,11H2,1-2H3,(H,20,24)(H,22,25)/t12-/m0/s1. The highest BCUT2D eigenvalue weighted by atomic mass is 32.2. The van der Waals surface area contributed by atoms with Crippen molar-refractivity contribution in [3.8, 4) is 0 Å². The van der Waals surface area contributed by atoms with Gasteiger partial charge in [-0.25, -0.2) is 4.98 Å². The Bertz CT molecular complexity index is 1050. The Morgan fingerprint density at radius 3 is 2.71 bits per heavy atom. The van der Waals surface area contributed by atoms with Gasteiger partial charge in [-0.1, -0.05) is 36.9 Å². The molecule has 1 aromatic carbocycles. The molecule has 2 N–H and O–H groups in total. The van der Waals surface area contributed by atoms with Gasteiger partial charge in [0.2, 0.25) is 5.91 Å². The van der Waals surface area contributed by atoms with E-state index in [-0.39, 0.29) is 28.4 Å². The number of hydrogen-bond donors (Lipinski definition) is 2. The van der Waals surface area contributed by atoms with Crippen molar-refractivity contribution in [1.29, 1.82) is 0 Å². The summed E-state index contributed by atoms with van der Waals surface area (Å²) in [6.07, 6.45) is 0.827. The molecule has 3 rings (SSSR count). The van der Waals surface area contributed by atoms with Crippen molar-refractivity contribution in [3.63, 3.8) is 0 Å². The van der Waals surface area contributed by atoms with Crippen LogP contribution < -0.4 is 16.3 Å². The number of hydrogen-bond acceptors (Lipinski definition) is 6. The maximum absolute atomic E-state index is 12.9. The topological polar surface area (TPSA) is 93.1 Å². The molecular weight excluding hydrogens is 396 g/mol. The number of aromatic nitrogens is 2. The molecule has 146 valence electrons. The number of nitrogens with zero attached hydrogens (tertiary/aromatic N) is 2. The van der Waals surface area contributed by atoms with E-state index >= 15 is 0 Å². The van der Waals surface area contributed by atoms with Crippen LogP contribution in [0.5, 0.6) is 0 Å². The molecule has 0 aliphatic heterocycles. The summed E-state index contributed by atoms with van der Waals surface area (Å²) >= 11 is 2.37. The van der Waals surface area contributed by atoms with Gasteiger partial charge in [0, 0.05) is 11.6 Å². The molecule has 0 bridgehead atoms. The predicted octanol–water partition coefficient (Wildman–Crippen LogP) is 2.85. The lowest BCUT2D eigenvalue weighted by molar-refractivity contribution is -0.119. The molecule has 9 heteroatoms. The van der Waals surface area contributed by atoms with Gasteiger partial charge in [-0.2, -0.15) is 4.68 Å². The molecule has 0 unspecified atom stereocenters. The lowest BCUT2D eigenvalue weighted by Crippen LogP contribution is -2.36. The highest BCUT2D eigenvalue weighted by molar-refractivity contribution is 7.99. The Morgan fingerprint density at radius 2 is 2.00 bits per heavy atom. The zero-order valence-electron chi connectivity index (χ0n) is 15.5. The zero-order chi connectivity index (χ0) is 20.1. The van der Waals surface area contributed by atoms with E-state index in [1.165, 1.54) is 11.3 Å². The van der Waals surface area contributed by atoms with Crippen LogP contribution in [0.4, 0.5) is 0 Å². The van der Waals surface area contributed by atoms with Crippen molar-refractivity contribution in [2.24, 2.45) is 0 Å². The van der Waals surface area contributed by atoms with Gasteiger partial charge in [0.25, 0.3) is 11.5 Å². The fourth-order valence-corrected chi connectivity index (χ4v) is 3.92. The van der Waals surface area contributed by atoms with E-state index in [0.29, 0.717) is 15.8 Å². The molecule has 0 fully saturated rings. The second kappa shape index (κ2) is 9.03. The summed E-state index contributed by atoms with van der Waals surface area (Å²) in [5.41, 5.74) is 3.21. The first kappa shape index (κ1) is 20.1. The summed E-state index contributed by atoms with van der Waals surface area (Å²) in [5.74, 6) is -0.487. The third-order valence-corrected chi connectivity index (χ3v) is 5.88. The average molecular weight is 417 g/mol. The Balaban J connectivity index is 1.88. The van der Waals surface area contributed by atoms with E-state index in [1.807, 2.05) is 13.8 Å². The largest absolute Gasteiger partial charge is 0.353 e. The monoisotopic (exact) mass is 416 g/mol. The smallest absolute Gasteiger partial charge is 0.291 e. The highest BCUT2D eigenvalue weighted by Crippen LogP contribution is 2.20. The minimum absolute atomic E-state index is 0.0698. The Kier molecular flexibility index (Phi) is 6.48. The molecule has 2 heterocycles. The molecule has 7 nitrogen and oxygen atoms in total. The van der Waals surface area contributed by atoms with Crippen molar-refractivity contribution < 1.29 is 9.59 Å². The van der Waals surface area contributed by atoms with Gasteiger partial charge in [-0.3, -0.25) is 19.8 Å². The molecule has 0 saturated carbocycles. The lowest BCUT2D eigenvalue weighted by Gasteiger charge is -2.14. The van der Waals surface area contributed by atoms with E-state index in [1.54, 1.807) is 41.8 Å². The number of nitrogens with one attached hydrogen (secondary N) is 2. The quantitative estimate of drug-likeness (QED) is 0.456. The van der Waals surface area contributed by atoms with Gasteiger partial charge in [0.05, 0.1) is 11.3 Å². The number of benzene rings is 1. The first-order valence-electron chi connectivity index (χ1n) is 8.78. The minimum atomic E-state index is -0.425. The molecule has 2 amide bonds. The van der Waals surface area contributed by atoms with Crippen molar-refractivity contribution in [1.82, 2.24) is 15.0 Å². The summed E-state index contributed by atoms with van der Waals surface area (Å²) in [7, 11) is 0. The second-order valence-electron chi connectivity index (χ2n) is 6.14. The zero-order valence-corrected chi connectivity index (χ0v) is 17.1. The van der Waals surface area contributed by atoms with E-state index < -0.39 is 5.91 Å². The van der Waals surface area contributed by atoms with Crippen LogP contribution in [0.1, 0.15) is 30.6 Å². The van der Waals surface area contributed by atoms with Crippen LogP contribution in [0.2, 0.25) is 0 Å². The van der Waals surface area contributed by atoms with Crippen LogP contribution >= 0.6 is 23.1 Å². The second-order valence-corrected chi connectivity index (χ2v) is 8.00. The molecule has 0 spiro atoms. The van der Waals surface area contributed by atoms with Crippen LogP contribution in [-0.4, -0.2) is 33.3 Å². The maximum atomic E-state index is 12.9. The molecular formula is C19H20N4O3S2. The number of rotatable bonds is 7. The molecule has 2 aromatic heterocycles. The van der Waals surface area contributed by atoms with E-state index in [4.69, 9.17) is 0 Å². The molecule has 1 atom stereocenters. The summed E-state index contributed by atoms with van der Waals surface area (Å²) in [4.78, 5) is 41.9. The molecule has 28 heavy (non-hydrogen) atoms. The number of carbonyl (C=O) groups is 2. The molecule has 3 aromatic rings. The fraction of sp³-hybridized carbons (Fsp3) is 0.263. The predicted molar refractivity (Wildman–Crippen MR) is 113 cm³/mol. The third-order valence-electron chi connectivity index (χ3n) is 4.05. The number of carbonyl (C=O) groups excluding carboxylic acids is 2. The van der Waals surface area contributed by atoms with Gasteiger partial charge in [-0.15, -0.1) is 11.3 Å². The first-order valence-corrected chi connectivity index (χ1v) is 10.6. The fourth-order valence-electron chi connectivity index (χ4n) is 2.39. The van der Waals surface area contributed by atoms with Crippen molar-refractivity contribution in [2.45, 2.75) is 31.5 Å². The summed E-state index contributed by atoms with van der Waals surface area (Å²) in [5, 5.41) is 4.91.